The summed E-state index contributed by atoms with van der Waals surface area (Å²) in [7, 11) is 0. The third-order valence-electron chi connectivity index (χ3n) is 4.38. The minimum Gasteiger partial charge on any atom is -0.457 e. The van der Waals surface area contributed by atoms with Crippen molar-refractivity contribution < 1.29 is 4.74 Å². The second-order valence-corrected chi connectivity index (χ2v) is 7.09. The Morgan fingerprint density at radius 2 is 1.70 bits per heavy atom. The van der Waals surface area contributed by atoms with Gasteiger partial charge < -0.3 is 4.74 Å². The van der Waals surface area contributed by atoms with Gasteiger partial charge in [0.05, 0.1) is 5.71 Å². The average Bonchev–Trinajstić information content (AvgIpc) is 2.68. The summed E-state index contributed by atoms with van der Waals surface area (Å²) in [5, 5.41) is 1.26. The van der Waals surface area contributed by atoms with Crippen LogP contribution in [0.2, 0.25) is 10.0 Å². The van der Waals surface area contributed by atoms with Gasteiger partial charge in [-0.25, -0.2) is 0 Å². The van der Waals surface area contributed by atoms with E-state index in [1.807, 2.05) is 60.7 Å². The number of hydrogen-bond donors (Lipinski definition) is 0. The molecule has 1 aliphatic heterocycles. The van der Waals surface area contributed by atoms with Crippen molar-refractivity contribution in [3.05, 3.63) is 99.5 Å². The van der Waals surface area contributed by atoms with E-state index < -0.39 is 0 Å². The van der Waals surface area contributed by atoms with Crippen LogP contribution >= 0.6 is 23.2 Å². The molecule has 0 amide bonds. The van der Waals surface area contributed by atoms with Crippen LogP contribution in [0.25, 0.3) is 6.08 Å². The van der Waals surface area contributed by atoms with Crippen molar-refractivity contribution in [2.45, 2.75) is 6.42 Å². The van der Waals surface area contributed by atoms with Crippen LogP contribution in [0.3, 0.4) is 0 Å². The molecule has 0 aromatic heterocycles. The number of aliphatic imine (C=N–C) groups is 1. The van der Waals surface area contributed by atoms with Crippen molar-refractivity contribution in [3.63, 3.8) is 0 Å². The first-order chi connectivity index (χ1) is 13.2. The standard InChI is InChI=1S/C23H17Cl2NO/c24-18-8-6-16(22(25)15-18)7-11-23-21-10-9-20(14-17(21)12-13-26-23)27-19-4-2-1-3-5-19/h1-11,14-15H,12-13H2. The number of halogens is 2. The van der Waals surface area contributed by atoms with Crippen molar-refractivity contribution in [1.82, 2.24) is 0 Å². The van der Waals surface area contributed by atoms with Gasteiger partial charge in [0.25, 0.3) is 0 Å². The molecule has 4 heteroatoms. The molecule has 0 N–H and O–H groups in total. The number of rotatable bonds is 4. The molecule has 0 saturated carbocycles. The predicted molar refractivity (Wildman–Crippen MR) is 114 cm³/mol. The lowest BCUT2D eigenvalue weighted by Crippen LogP contribution is -2.10. The summed E-state index contributed by atoms with van der Waals surface area (Å²) in [5.41, 5.74) is 4.23. The van der Waals surface area contributed by atoms with E-state index in [4.69, 9.17) is 27.9 Å². The summed E-state index contributed by atoms with van der Waals surface area (Å²) >= 11 is 12.2. The molecule has 0 radical (unpaired) electrons. The molecule has 3 aromatic rings. The Bertz CT molecular complexity index is 1030. The largest absolute Gasteiger partial charge is 0.457 e. The Kier molecular flexibility index (Phi) is 5.28. The van der Waals surface area contributed by atoms with Gasteiger partial charge in [-0.1, -0.05) is 53.5 Å². The Labute approximate surface area is 168 Å². The smallest absolute Gasteiger partial charge is 0.127 e. The number of para-hydroxylation sites is 1. The van der Waals surface area contributed by atoms with E-state index in [-0.39, 0.29) is 0 Å². The summed E-state index contributed by atoms with van der Waals surface area (Å²) in [5.74, 6) is 1.67. The highest BCUT2D eigenvalue weighted by Gasteiger charge is 2.13. The molecule has 0 saturated heterocycles. The Hall–Kier alpha value is -2.55. The number of hydrogen-bond acceptors (Lipinski definition) is 2. The normalized spacial score (nSPS) is 13.3. The van der Waals surface area contributed by atoms with Crippen molar-refractivity contribution >= 4 is 35.0 Å². The molecule has 1 heterocycles. The molecule has 1 aliphatic rings. The fourth-order valence-corrected chi connectivity index (χ4v) is 3.52. The Morgan fingerprint density at radius 3 is 2.52 bits per heavy atom. The Morgan fingerprint density at radius 1 is 0.852 bits per heavy atom. The van der Waals surface area contributed by atoms with Gasteiger partial charge in [0.2, 0.25) is 0 Å². The molecule has 0 bridgehead atoms. The lowest BCUT2D eigenvalue weighted by Gasteiger charge is -2.16. The maximum absolute atomic E-state index is 6.25. The van der Waals surface area contributed by atoms with Gasteiger partial charge in [-0.05, 0) is 66.1 Å². The molecular formula is C23H17Cl2NO. The van der Waals surface area contributed by atoms with Crippen LogP contribution in [0.15, 0.2) is 77.8 Å². The third-order valence-corrected chi connectivity index (χ3v) is 4.94. The van der Waals surface area contributed by atoms with Gasteiger partial charge in [0, 0.05) is 22.2 Å². The molecule has 0 atom stereocenters. The molecule has 0 fully saturated rings. The van der Waals surface area contributed by atoms with Gasteiger partial charge in [0.1, 0.15) is 11.5 Å². The fourth-order valence-electron chi connectivity index (χ4n) is 3.04. The van der Waals surface area contributed by atoms with E-state index in [9.17, 15) is 0 Å². The van der Waals surface area contributed by atoms with Gasteiger partial charge in [0.15, 0.2) is 0 Å². The predicted octanol–water partition coefficient (Wildman–Crippen LogP) is 6.84. The summed E-state index contributed by atoms with van der Waals surface area (Å²) < 4.78 is 5.95. The van der Waals surface area contributed by atoms with Crippen LogP contribution in [-0.4, -0.2) is 12.3 Å². The van der Waals surface area contributed by atoms with Crippen molar-refractivity contribution in [2.75, 3.05) is 6.54 Å². The maximum atomic E-state index is 6.25. The molecule has 0 spiro atoms. The van der Waals surface area contributed by atoms with E-state index in [0.717, 1.165) is 41.3 Å². The minimum atomic E-state index is 0.627. The van der Waals surface area contributed by atoms with Crippen LogP contribution in [-0.2, 0) is 6.42 Å². The van der Waals surface area contributed by atoms with Crippen LogP contribution in [0.1, 0.15) is 16.7 Å². The number of benzene rings is 3. The van der Waals surface area contributed by atoms with E-state index in [2.05, 4.69) is 17.1 Å². The molecule has 0 aliphatic carbocycles. The zero-order valence-electron chi connectivity index (χ0n) is 14.5. The highest BCUT2D eigenvalue weighted by molar-refractivity contribution is 6.35. The van der Waals surface area contributed by atoms with Crippen LogP contribution in [0.5, 0.6) is 11.5 Å². The second kappa shape index (κ2) is 7.99. The van der Waals surface area contributed by atoms with Gasteiger partial charge in [-0.15, -0.1) is 0 Å². The first-order valence-corrected chi connectivity index (χ1v) is 9.48. The molecular weight excluding hydrogens is 377 g/mol. The summed E-state index contributed by atoms with van der Waals surface area (Å²) in [4.78, 5) is 4.67. The van der Waals surface area contributed by atoms with E-state index in [1.165, 1.54) is 5.56 Å². The zero-order valence-corrected chi connectivity index (χ0v) is 16.0. The third kappa shape index (κ3) is 4.24. The summed E-state index contributed by atoms with van der Waals surface area (Å²) in [6.45, 7) is 0.760. The topological polar surface area (TPSA) is 21.6 Å². The number of nitrogens with zero attached hydrogens (tertiary/aromatic N) is 1. The molecule has 27 heavy (non-hydrogen) atoms. The number of ether oxygens (including phenoxy) is 1. The van der Waals surface area contributed by atoms with Crippen molar-refractivity contribution in [3.8, 4) is 11.5 Å². The second-order valence-electron chi connectivity index (χ2n) is 6.25. The SMILES string of the molecule is Clc1ccc(C=CC2=NCCc3cc(Oc4ccccc4)ccc32)c(Cl)c1. The summed E-state index contributed by atoms with van der Waals surface area (Å²) in [6, 6.07) is 21.4. The first kappa shape index (κ1) is 17.8. The fraction of sp³-hybridized carbons (Fsp3) is 0.0870. The van der Waals surface area contributed by atoms with E-state index >= 15 is 0 Å². The Balaban J connectivity index is 1.57. The van der Waals surface area contributed by atoms with Crippen LogP contribution in [0, 0.1) is 0 Å². The lowest BCUT2D eigenvalue weighted by molar-refractivity contribution is 0.482. The van der Waals surface area contributed by atoms with E-state index in [0.29, 0.717) is 10.0 Å². The first-order valence-electron chi connectivity index (χ1n) is 8.73. The van der Waals surface area contributed by atoms with Gasteiger partial charge in [-0.3, -0.25) is 4.99 Å². The monoisotopic (exact) mass is 393 g/mol. The summed E-state index contributed by atoms with van der Waals surface area (Å²) in [6.07, 6.45) is 4.88. The average molecular weight is 394 g/mol. The van der Waals surface area contributed by atoms with Crippen LogP contribution in [0.4, 0.5) is 0 Å². The number of allylic oxidation sites excluding steroid dienone is 1. The quantitative estimate of drug-likeness (QED) is 0.475. The van der Waals surface area contributed by atoms with Crippen LogP contribution < -0.4 is 4.74 Å². The molecule has 3 aromatic carbocycles. The zero-order chi connectivity index (χ0) is 18.6. The van der Waals surface area contributed by atoms with Gasteiger partial charge >= 0.3 is 0 Å². The highest BCUT2D eigenvalue weighted by Crippen LogP contribution is 2.27. The molecule has 4 rings (SSSR count). The lowest BCUT2D eigenvalue weighted by atomic mass is 9.96. The minimum absolute atomic E-state index is 0.627. The van der Waals surface area contributed by atoms with Crippen molar-refractivity contribution in [1.29, 1.82) is 0 Å². The van der Waals surface area contributed by atoms with Gasteiger partial charge in [-0.2, -0.15) is 0 Å². The molecule has 0 unspecified atom stereocenters. The highest BCUT2D eigenvalue weighted by atomic mass is 35.5. The maximum Gasteiger partial charge on any atom is 0.127 e. The van der Waals surface area contributed by atoms with Crippen molar-refractivity contribution in [2.24, 2.45) is 4.99 Å². The van der Waals surface area contributed by atoms with E-state index in [1.54, 1.807) is 6.07 Å². The molecule has 134 valence electrons. The molecule has 2 nitrogen and oxygen atoms in total. The number of fused-ring (bicyclic) bond motifs is 1.